The number of benzene rings is 3. The van der Waals surface area contributed by atoms with E-state index in [4.69, 9.17) is 33.7 Å². The van der Waals surface area contributed by atoms with Crippen molar-refractivity contribution < 1.29 is 14.3 Å². The molecule has 2 N–H and O–H groups in total. The van der Waals surface area contributed by atoms with Gasteiger partial charge in [0.15, 0.2) is 0 Å². The van der Waals surface area contributed by atoms with Crippen molar-refractivity contribution in [3.8, 4) is 16.9 Å². The smallest absolute Gasteiger partial charge is 0.329 e. The van der Waals surface area contributed by atoms with Crippen LogP contribution in [0.5, 0.6) is 0 Å². The molecule has 1 amide bonds. The first-order valence-electron chi connectivity index (χ1n) is 11.8. The quantitative estimate of drug-likeness (QED) is 0.317. The van der Waals surface area contributed by atoms with E-state index < -0.39 is 6.04 Å². The Balaban J connectivity index is 1.29. The third kappa shape index (κ3) is 5.33. The number of halogens is 2. The highest BCUT2D eigenvalue weighted by Gasteiger charge is 2.35. The maximum atomic E-state index is 13.2. The molecule has 9 heteroatoms. The number of nitrogens with two attached hydrogens (primary N) is 1. The number of nitrogens with zero attached hydrogens (tertiary/aromatic N) is 3. The fourth-order valence-corrected chi connectivity index (χ4v) is 4.69. The summed E-state index contributed by atoms with van der Waals surface area (Å²) in [5.41, 5.74) is 9.71. The van der Waals surface area contributed by atoms with E-state index in [2.05, 4.69) is 5.10 Å². The van der Waals surface area contributed by atoms with Gasteiger partial charge in [0.2, 0.25) is 0 Å². The molecule has 0 aliphatic carbocycles. The van der Waals surface area contributed by atoms with E-state index in [0.717, 1.165) is 17.5 Å². The zero-order valence-corrected chi connectivity index (χ0v) is 21.3. The number of likely N-dealkylation sites (tertiary alicyclic amines) is 1. The molecule has 1 aromatic heterocycles. The monoisotopic (exact) mass is 534 g/mol. The molecule has 0 unspecified atom stereocenters. The van der Waals surface area contributed by atoms with Crippen LogP contribution in [0.25, 0.3) is 16.9 Å². The van der Waals surface area contributed by atoms with Gasteiger partial charge >= 0.3 is 5.97 Å². The number of hydrogen-bond donors (Lipinski definition) is 1. The molecule has 0 saturated carbocycles. The summed E-state index contributed by atoms with van der Waals surface area (Å²) < 4.78 is 7.09. The average molecular weight is 535 g/mol. The molecule has 1 atom stereocenters. The fourth-order valence-electron chi connectivity index (χ4n) is 4.39. The molecule has 1 aliphatic rings. The summed E-state index contributed by atoms with van der Waals surface area (Å²) in [5.74, 6) is -0.165. The molecular formula is C28H24Cl2N4O3. The van der Waals surface area contributed by atoms with Crippen molar-refractivity contribution in [2.75, 3.05) is 12.3 Å². The zero-order chi connectivity index (χ0) is 25.9. The molecule has 1 aliphatic heterocycles. The second-order valence-electron chi connectivity index (χ2n) is 8.79. The van der Waals surface area contributed by atoms with Crippen LogP contribution in [-0.4, -0.2) is 39.1 Å². The maximum absolute atomic E-state index is 13.2. The molecule has 37 heavy (non-hydrogen) atoms. The summed E-state index contributed by atoms with van der Waals surface area (Å²) in [7, 11) is 0. The molecule has 3 aromatic carbocycles. The van der Waals surface area contributed by atoms with E-state index in [0.29, 0.717) is 45.8 Å². The van der Waals surface area contributed by atoms with Gasteiger partial charge in [-0.2, -0.15) is 5.10 Å². The lowest BCUT2D eigenvalue weighted by molar-refractivity contribution is -0.149. The first-order valence-corrected chi connectivity index (χ1v) is 12.6. The highest BCUT2D eigenvalue weighted by atomic mass is 35.5. The van der Waals surface area contributed by atoms with Crippen LogP contribution in [0.4, 0.5) is 5.82 Å². The molecule has 0 spiro atoms. The summed E-state index contributed by atoms with van der Waals surface area (Å²) in [6.07, 6.45) is 1.33. The van der Waals surface area contributed by atoms with Crippen LogP contribution < -0.4 is 5.73 Å². The predicted octanol–water partition coefficient (Wildman–Crippen LogP) is 5.78. The summed E-state index contributed by atoms with van der Waals surface area (Å²) in [6, 6.07) is 22.9. The zero-order valence-electron chi connectivity index (χ0n) is 19.8. The van der Waals surface area contributed by atoms with Gasteiger partial charge in [-0.3, -0.25) is 4.79 Å². The van der Waals surface area contributed by atoms with Gasteiger partial charge in [-0.05, 0) is 54.8 Å². The number of nitrogen functional groups attached to an aromatic ring is 1. The molecule has 0 radical (unpaired) electrons. The predicted molar refractivity (Wildman–Crippen MR) is 144 cm³/mol. The van der Waals surface area contributed by atoms with Crippen LogP contribution >= 0.6 is 23.2 Å². The minimum Gasteiger partial charge on any atom is -0.459 e. The Morgan fingerprint density at radius 2 is 1.73 bits per heavy atom. The number of anilines is 1. The van der Waals surface area contributed by atoms with Gasteiger partial charge in [0, 0.05) is 23.7 Å². The van der Waals surface area contributed by atoms with Crippen LogP contribution in [0, 0.1) is 0 Å². The molecule has 0 bridgehead atoms. The molecule has 5 rings (SSSR count). The first kappa shape index (κ1) is 24.9. The minimum absolute atomic E-state index is 0.183. The summed E-state index contributed by atoms with van der Waals surface area (Å²) in [6.45, 7) is 0.688. The number of rotatable bonds is 6. The van der Waals surface area contributed by atoms with E-state index >= 15 is 0 Å². The molecule has 2 heterocycles. The maximum Gasteiger partial charge on any atom is 0.329 e. The Bertz CT molecular complexity index is 1440. The van der Waals surface area contributed by atoms with Crippen molar-refractivity contribution in [1.29, 1.82) is 0 Å². The summed E-state index contributed by atoms with van der Waals surface area (Å²) in [4.78, 5) is 27.6. The Morgan fingerprint density at radius 3 is 2.46 bits per heavy atom. The highest BCUT2D eigenvalue weighted by molar-refractivity contribution is 6.42. The first-order chi connectivity index (χ1) is 17.9. The van der Waals surface area contributed by atoms with Gasteiger partial charge in [0.05, 0.1) is 21.4 Å². The number of aromatic nitrogens is 2. The lowest BCUT2D eigenvalue weighted by atomic mass is 10.1. The van der Waals surface area contributed by atoms with E-state index in [-0.39, 0.29) is 18.5 Å². The number of ether oxygens (including phenoxy) is 1. The van der Waals surface area contributed by atoms with Gasteiger partial charge in [-0.25, -0.2) is 9.48 Å². The van der Waals surface area contributed by atoms with Gasteiger partial charge < -0.3 is 15.4 Å². The molecule has 188 valence electrons. The van der Waals surface area contributed by atoms with Crippen LogP contribution in [0.2, 0.25) is 10.0 Å². The van der Waals surface area contributed by atoms with E-state index in [1.807, 2.05) is 36.4 Å². The van der Waals surface area contributed by atoms with E-state index in [9.17, 15) is 9.59 Å². The average Bonchev–Trinajstić information content (AvgIpc) is 3.56. The Morgan fingerprint density at radius 1 is 0.973 bits per heavy atom. The Kier molecular flexibility index (Phi) is 7.17. The van der Waals surface area contributed by atoms with Gasteiger partial charge in [0.25, 0.3) is 5.91 Å². The Labute approximate surface area is 224 Å². The number of carbonyl (C=O) groups is 2. The van der Waals surface area contributed by atoms with Gasteiger partial charge in [-0.15, -0.1) is 0 Å². The largest absolute Gasteiger partial charge is 0.459 e. The highest BCUT2D eigenvalue weighted by Crippen LogP contribution is 2.30. The van der Waals surface area contributed by atoms with Crippen molar-refractivity contribution >= 4 is 40.9 Å². The normalized spacial score (nSPS) is 15.1. The van der Waals surface area contributed by atoms with Crippen molar-refractivity contribution in [2.45, 2.75) is 25.5 Å². The second-order valence-corrected chi connectivity index (χ2v) is 9.61. The second kappa shape index (κ2) is 10.7. The SMILES string of the molecule is Nc1cc(-c2ccc(Cl)c(Cl)c2)nn1-c1ccc(C(=O)N2CCC[C@H]2C(=O)OCc2ccccc2)cc1. The van der Waals surface area contributed by atoms with Crippen molar-refractivity contribution in [3.05, 3.63) is 100 Å². The van der Waals surface area contributed by atoms with Crippen LogP contribution in [0.15, 0.2) is 78.9 Å². The van der Waals surface area contributed by atoms with Crippen molar-refractivity contribution in [2.24, 2.45) is 0 Å². The van der Waals surface area contributed by atoms with E-state index in [1.165, 1.54) is 0 Å². The van der Waals surface area contributed by atoms with Crippen LogP contribution in [-0.2, 0) is 16.1 Å². The van der Waals surface area contributed by atoms with Crippen LogP contribution in [0.3, 0.4) is 0 Å². The number of esters is 1. The molecule has 1 saturated heterocycles. The fraction of sp³-hybridized carbons (Fsp3) is 0.179. The van der Waals surface area contributed by atoms with Crippen LogP contribution in [0.1, 0.15) is 28.8 Å². The standard InChI is InChI=1S/C28H24Cl2N4O3/c29-22-13-10-20(15-23(22)30)24-16-26(31)34(32-24)21-11-8-19(9-12-21)27(35)33-14-4-7-25(33)28(36)37-17-18-5-2-1-3-6-18/h1-3,5-6,8-13,15-16,25H,4,7,14,17,31H2/t25-/m0/s1. The number of amides is 1. The Hall–Kier alpha value is -3.81. The lowest BCUT2D eigenvalue weighted by Gasteiger charge is -2.23. The summed E-state index contributed by atoms with van der Waals surface area (Å²) >= 11 is 12.2. The van der Waals surface area contributed by atoms with E-state index in [1.54, 1.807) is 52.0 Å². The third-order valence-electron chi connectivity index (χ3n) is 6.32. The molecule has 4 aromatic rings. The topological polar surface area (TPSA) is 90.5 Å². The lowest BCUT2D eigenvalue weighted by Crippen LogP contribution is -2.41. The molecule has 1 fully saturated rings. The van der Waals surface area contributed by atoms with Crippen molar-refractivity contribution in [1.82, 2.24) is 14.7 Å². The van der Waals surface area contributed by atoms with Gasteiger partial charge in [-0.1, -0.05) is 59.6 Å². The minimum atomic E-state index is -0.591. The number of carbonyl (C=O) groups excluding carboxylic acids is 2. The molecule has 7 nitrogen and oxygen atoms in total. The van der Waals surface area contributed by atoms with Gasteiger partial charge in [0.1, 0.15) is 18.5 Å². The summed E-state index contributed by atoms with van der Waals surface area (Å²) in [5, 5.41) is 5.48. The van der Waals surface area contributed by atoms with Crippen molar-refractivity contribution in [3.63, 3.8) is 0 Å². The third-order valence-corrected chi connectivity index (χ3v) is 7.06. The molecular weight excluding hydrogens is 511 g/mol. The number of hydrogen-bond acceptors (Lipinski definition) is 5.